The molecule has 170 valence electrons. The van der Waals surface area contributed by atoms with Crippen molar-refractivity contribution in [3.8, 4) is 11.4 Å². The Kier molecular flexibility index (Phi) is 5.45. The predicted octanol–water partition coefficient (Wildman–Crippen LogP) is 6.19. The Morgan fingerprint density at radius 3 is 2.47 bits per heavy atom. The van der Waals surface area contributed by atoms with Gasteiger partial charge in [-0.25, -0.2) is 9.18 Å². The molecule has 0 bridgehead atoms. The van der Waals surface area contributed by atoms with Gasteiger partial charge in [0.1, 0.15) is 5.82 Å². The zero-order valence-corrected chi connectivity index (χ0v) is 19.0. The number of rotatable bonds is 4. The lowest BCUT2D eigenvalue weighted by Crippen LogP contribution is -2.46. The Balaban J connectivity index is 1.67. The Morgan fingerprint density at radius 2 is 1.74 bits per heavy atom. The number of hydrogen-bond donors (Lipinski definition) is 1. The molecule has 1 N–H and O–H groups in total. The third kappa shape index (κ3) is 3.85. The van der Waals surface area contributed by atoms with Crippen LogP contribution in [0.2, 0.25) is 0 Å². The molecule has 34 heavy (non-hydrogen) atoms. The summed E-state index contributed by atoms with van der Waals surface area (Å²) in [4.78, 5) is 19.5. The quantitative estimate of drug-likeness (QED) is 0.399. The van der Waals surface area contributed by atoms with Crippen LogP contribution in [0.3, 0.4) is 0 Å². The Labute approximate surface area is 196 Å². The van der Waals surface area contributed by atoms with E-state index >= 15 is 0 Å². The fraction of sp³-hybridized carbons (Fsp3) is 0.148. The van der Waals surface area contributed by atoms with Crippen molar-refractivity contribution in [1.82, 2.24) is 15.5 Å². The van der Waals surface area contributed by atoms with Crippen molar-refractivity contribution in [2.75, 3.05) is 4.90 Å². The van der Waals surface area contributed by atoms with E-state index in [0.717, 1.165) is 22.4 Å². The number of aromatic nitrogens is 2. The smallest absolute Gasteiger partial charge is 0.326 e. The molecular formula is C27H23FN4O2. The highest BCUT2D eigenvalue weighted by molar-refractivity contribution is 6.01. The fourth-order valence-corrected chi connectivity index (χ4v) is 4.17. The molecule has 0 fully saturated rings. The Bertz CT molecular complexity index is 1410. The monoisotopic (exact) mass is 454 g/mol. The van der Waals surface area contributed by atoms with Crippen LogP contribution in [0, 0.1) is 19.7 Å². The van der Waals surface area contributed by atoms with Gasteiger partial charge in [0.25, 0.3) is 5.89 Å². The lowest BCUT2D eigenvalue weighted by atomic mass is 9.94. The van der Waals surface area contributed by atoms with Crippen LogP contribution < -0.4 is 10.2 Å². The first-order valence-electron chi connectivity index (χ1n) is 11.0. The summed E-state index contributed by atoms with van der Waals surface area (Å²) in [7, 11) is 0. The summed E-state index contributed by atoms with van der Waals surface area (Å²) in [5.41, 5.74) is 5.55. The first-order valence-corrected chi connectivity index (χ1v) is 11.0. The summed E-state index contributed by atoms with van der Waals surface area (Å²) < 4.78 is 19.8. The van der Waals surface area contributed by atoms with E-state index in [4.69, 9.17) is 4.52 Å². The molecule has 4 aromatic rings. The molecule has 0 radical (unpaired) electrons. The molecule has 0 aliphatic carbocycles. The number of urea groups is 1. The van der Waals surface area contributed by atoms with Gasteiger partial charge in [-0.05, 0) is 61.7 Å². The van der Waals surface area contributed by atoms with Crippen molar-refractivity contribution in [3.63, 3.8) is 0 Å². The third-order valence-corrected chi connectivity index (χ3v) is 6.10. The molecule has 0 spiro atoms. The standard InChI is InChI=1S/C27H23FN4O2/c1-16-12-13-22(14-17(16)2)32-18(3)23(24(29-27(32)33)20-10-7-11-21(28)15-20)26-30-25(31-34-26)19-8-5-4-6-9-19/h4-15,24H,1-3H3,(H,29,33). The molecule has 2 heterocycles. The van der Waals surface area contributed by atoms with Crippen LogP contribution >= 0.6 is 0 Å². The largest absolute Gasteiger partial charge is 0.334 e. The predicted molar refractivity (Wildman–Crippen MR) is 128 cm³/mol. The average Bonchev–Trinajstić information content (AvgIpc) is 3.31. The minimum absolute atomic E-state index is 0.263. The van der Waals surface area contributed by atoms with E-state index in [2.05, 4.69) is 15.5 Å². The van der Waals surface area contributed by atoms with E-state index in [0.29, 0.717) is 22.7 Å². The highest BCUT2D eigenvalue weighted by Gasteiger charge is 2.36. The molecule has 0 saturated carbocycles. The number of carbonyl (C=O) groups excluding carboxylic acids is 1. The molecular weight excluding hydrogens is 431 g/mol. The Hall–Kier alpha value is -4.26. The normalized spacial score (nSPS) is 16.1. The van der Waals surface area contributed by atoms with Crippen LogP contribution in [-0.4, -0.2) is 16.2 Å². The van der Waals surface area contributed by atoms with Crippen molar-refractivity contribution in [1.29, 1.82) is 0 Å². The van der Waals surface area contributed by atoms with Crippen molar-refractivity contribution in [2.45, 2.75) is 26.8 Å². The van der Waals surface area contributed by atoms with Crippen molar-refractivity contribution >= 4 is 17.3 Å². The molecule has 5 rings (SSSR count). The zero-order valence-electron chi connectivity index (χ0n) is 19.0. The van der Waals surface area contributed by atoms with E-state index in [-0.39, 0.29) is 11.9 Å². The molecule has 1 atom stereocenters. The highest BCUT2D eigenvalue weighted by Crippen LogP contribution is 2.39. The van der Waals surface area contributed by atoms with E-state index in [1.54, 1.807) is 17.0 Å². The fourth-order valence-electron chi connectivity index (χ4n) is 4.17. The number of allylic oxidation sites excluding steroid dienone is 1. The molecule has 1 unspecified atom stereocenters. The van der Waals surface area contributed by atoms with Gasteiger partial charge in [0, 0.05) is 11.3 Å². The maximum absolute atomic E-state index is 14.1. The summed E-state index contributed by atoms with van der Waals surface area (Å²) in [6, 6.07) is 20.5. The number of aryl methyl sites for hydroxylation is 2. The molecule has 1 aromatic heterocycles. The minimum atomic E-state index is -0.657. The van der Waals surface area contributed by atoms with Crippen LogP contribution in [0.4, 0.5) is 14.9 Å². The second-order valence-electron chi connectivity index (χ2n) is 8.33. The number of carbonyl (C=O) groups is 1. The number of nitrogens with one attached hydrogen (secondary N) is 1. The van der Waals surface area contributed by atoms with E-state index in [1.165, 1.54) is 12.1 Å². The van der Waals surface area contributed by atoms with Crippen LogP contribution in [0.1, 0.15) is 35.5 Å². The van der Waals surface area contributed by atoms with Gasteiger partial charge in [0.05, 0.1) is 17.3 Å². The highest BCUT2D eigenvalue weighted by atomic mass is 19.1. The number of hydrogen-bond acceptors (Lipinski definition) is 4. The summed E-state index contributed by atoms with van der Waals surface area (Å²) in [5.74, 6) is 0.304. The van der Waals surface area contributed by atoms with Gasteiger partial charge < -0.3 is 9.84 Å². The lowest BCUT2D eigenvalue weighted by molar-refractivity contribution is 0.244. The van der Waals surface area contributed by atoms with Gasteiger partial charge in [0.15, 0.2) is 0 Å². The molecule has 7 heteroatoms. The van der Waals surface area contributed by atoms with Crippen LogP contribution in [-0.2, 0) is 0 Å². The van der Waals surface area contributed by atoms with E-state index < -0.39 is 11.9 Å². The van der Waals surface area contributed by atoms with Gasteiger partial charge in [-0.3, -0.25) is 4.90 Å². The number of anilines is 1. The molecule has 2 amide bonds. The first-order chi connectivity index (χ1) is 16.4. The topological polar surface area (TPSA) is 71.3 Å². The second kappa shape index (κ2) is 8.59. The maximum Gasteiger partial charge on any atom is 0.326 e. The molecule has 6 nitrogen and oxygen atoms in total. The molecule has 0 saturated heterocycles. The van der Waals surface area contributed by atoms with Crippen LogP contribution in [0.5, 0.6) is 0 Å². The summed E-state index contributed by atoms with van der Waals surface area (Å²) >= 11 is 0. The van der Waals surface area contributed by atoms with Crippen molar-refractivity contribution in [2.24, 2.45) is 0 Å². The summed E-state index contributed by atoms with van der Waals surface area (Å²) in [6.07, 6.45) is 0. The van der Waals surface area contributed by atoms with Gasteiger partial charge in [0.2, 0.25) is 5.82 Å². The molecule has 1 aliphatic rings. The van der Waals surface area contributed by atoms with E-state index in [9.17, 15) is 9.18 Å². The number of benzene rings is 3. The number of halogens is 1. The van der Waals surface area contributed by atoms with Gasteiger partial charge in [-0.15, -0.1) is 0 Å². The Morgan fingerprint density at radius 1 is 0.941 bits per heavy atom. The number of nitrogens with zero attached hydrogens (tertiary/aromatic N) is 3. The molecule has 1 aliphatic heterocycles. The van der Waals surface area contributed by atoms with Crippen molar-refractivity contribution in [3.05, 3.63) is 107 Å². The van der Waals surface area contributed by atoms with Gasteiger partial charge in [-0.2, -0.15) is 4.98 Å². The summed E-state index contributed by atoms with van der Waals surface area (Å²) in [5, 5.41) is 7.16. The lowest BCUT2D eigenvalue weighted by Gasteiger charge is -2.35. The molecule has 3 aromatic carbocycles. The van der Waals surface area contributed by atoms with Crippen LogP contribution in [0.15, 0.2) is 83.0 Å². The second-order valence-corrected chi connectivity index (χ2v) is 8.33. The van der Waals surface area contributed by atoms with Gasteiger partial charge >= 0.3 is 6.03 Å². The summed E-state index contributed by atoms with van der Waals surface area (Å²) in [6.45, 7) is 5.86. The zero-order chi connectivity index (χ0) is 23.8. The first kappa shape index (κ1) is 21.6. The van der Waals surface area contributed by atoms with Crippen LogP contribution in [0.25, 0.3) is 17.0 Å². The maximum atomic E-state index is 14.1. The number of amides is 2. The van der Waals surface area contributed by atoms with E-state index in [1.807, 2.05) is 69.3 Å². The third-order valence-electron chi connectivity index (χ3n) is 6.10. The average molecular weight is 455 g/mol. The SMILES string of the molecule is CC1=C(c2nc(-c3ccccc3)no2)C(c2cccc(F)c2)NC(=O)N1c1ccc(C)c(C)c1. The van der Waals surface area contributed by atoms with Gasteiger partial charge in [-0.1, -0.05) is 53.7 Å². The minimum Gasteiger partial charge on any atom is -0.334 e. The van der Waals surface area contributed by atoms with Crippen molar-refractivity contribution < 1.29 is 13.7 Å².